The lowest BCUT2D eigenvalue weighted by atomic mass is 10.1. The molecule has 2 atom stereocenters. The van der Waals surface area contributed by atoms with Crippen LogP contribution in [0.5, 0.6) is 0 Å². The van der Waals surface area contributed by atoms with Gasteiger partial charge in [-0.15, -0.1) is 6.42 Å². The number of amides is 2. The van der Waals surface area contributed by atoms with Crippen molar-refractivity contribution >= 4 is 12.0 Å². The first-order chi connectivity index (χ1) is 10.1. The van der Waals surface area contributed by atoms with Crippen LogP contribution in [0.25, 0.3) is 0 Å². The first-order valence-corrected chi connectivity index (χ1v) is 6.98. The van der Waals surface area contributed by atoms with Gasteiger partial charge in [0.1, 0.15) is 19.3 Å². The van der Waals surface area contributed by atoms with E-state index < -0.39 is 18.2 Å². The number of nitrogens with zero attached hydrogens (tertiary/aromatic N) is 1. The molecule has 0 bridgehead atoms. The highest BCUT2D eigenvalue weighted by atomic mass is 16.5. The minimum absolute atomic E-state index is 0.0777. The first-order valence-electron chi connectivity index (χ1n) is 6.98. The van der Waals surface area contributed by atoms with Gasteiger partial charge in [0.2, 0.25) is 5.91 Å². The Bertz CT molecular complexity index is 410. The summed E-state index contributed by atoms with van der Waals surface area (Å²) in [4.78, 5) is 25.8. The van der Waals surface area contributed by atoms with E-state index in [0.29, 0.717) is 13.1 Å². The number of carbonyl (C=O) groups excluding carboxylic acids is 2. The molecular formula is C15H22N2O4. The van der Waals surface area contributed by atoms with Crippen molar-refractivity contribution in [1.29, 1.82) is 0 Å². The average molecular weight is 294 g/mol. The van der Waals surface area contributed by atoms with Crippen LogP contribution in [0.1, 0.15) is 19.8 Å². The van der Waals surface area contributed by atoms with Gasteiger partial charge in [-0.25, -0.2) is 4.79 Å². The topological polar surface area (TPSA) is 67.9 Å². The molecule has 0 aromatic rings. The molecule has 1 N–H and O–H groups in total. The minimum Gasteiger partial charge on any atom is -0.445 e. The van der Waals surface area contributed by atoms with E-state index in [1.807, 2.05) is 0 Å². The summed E-state index contributed by atoms with van der Waals surface area (Å²) in [6.07, 6.45) is 7.33. The van der Waals surface area contributed by atoms with Gasteiger partial charge < -0.3 is 19.7 Å². The van der Waals surface area contributed by atoms with Gasteiger partial charge in [0.25, 0.3) is 0 Å². The van der Waals surface area contributed by atoms with Crippen molar-refractivity contribution in [2.24, 2.45) is 0 Å². The van der Waals surface area contributed by atoms with E-state index in [0.717, 1.165) is 12.8 Å². The Morgan fingerprint density at radius 3 is 2.71 bits per heavy atom. The molecule has 0 spiro atoms. The molecule has 0 aromatic carbocycles. The molecule has 116 valence electrons. The molecule has 0 radical (unpaired) electrons. The molecule has 2 amide bonds. The second-order valence-corrected chi connectivity index (χ2v) is 4.76. The second kappa shape index (κ2) is 9.03. The first kappa shape index (κ1) is 17.1. The molecule has 1 rings (SSSR count). The van der Waals surface area contributed by atoms with Crippen molar-refractivity contribution < 1.29 is 19.1 Å². The van der Waals surface area contributed by atoms with Crippen LogP contribution in [0.2, 0.25) is 0 Å². The summed E-state index contributed by atoms with van der Waals surface area (Å²) in [6, 6.07) is -0.811. The van der Waals surface area contributed by atoms with E-state index in [4.69, 9.17) is 15.9 Å². The summed E-state index contributed by atoms with van der Waals surface area (Å²) in [5, 5.41) is 2.54. The van der Waals surface area contributed by atoms with Gasteiger partial charge in [-0.2, -0.15) is 0 Å². The average Bonchev–Trinajstić information content (AvgIpc) is 3.01. The third-order valence-corrected chi connectivity index (χ3v) is 3.19. The number of terminal acetylenes is 1. The molecule has 1 aliphatic rings. The van der Waals surface area contributed by atoms with Crippen molar-refractivity contribution in [3.05, 3.63) is 12.7 Å². The zero-order valence-corrected chi connectivity index (χ0v) is 12.3. The number of likely N-dealkylation sites (tertiary alicyclic amines) is 1. The van der Waals surface area contributed by atoms with Gasteiger partial charge in [-0.3, -0.25) is 4.79 Å². The van der Waals surface area contributed by atoms with E-state index in [1.54, 1.807) is 11.8 Å². The van der Waals surface area contributed by atoms with Crippen LogP contribution in [0.4, 0.5) is 4.79 Å². The quantitative estimate of drug-likeness (QED) is 0.560. The number of ether oxygens (including phenoxy) is 2. The van der Waals surface area contributed by atoms with E-state index in [2.05, 4.69) is 17.8 Å². The van der Waals surface area contributed by atoms with Crippen molar-refractivity contribution in [3.8, 4) is 12.3 Å². The van der Waals surface area contributed by atoms with Gasteiger partial charge >= 0.3 is 6.09 Å². The van der Waals surface area contributed by atoms with Crippen molar-refractivity contribution in [2.45, 2.75) is 31.9 Å². The summed E-state index contributed by atoms with van der Waals surface area (Å²) in [7, 11) is 0. The van der Waals surface area contributed by atoms with Gasteiger partial charge in [-0.05, 0) is 19.8 Å². The van der Waals surface area contributed by atoms with Crippen LogP contribution in [0.3, 0.4) is 0 Å². The lowest BCUT2D eigenvalue weighted by Crippen LogP contribution is -2.54. The van der Waals surface area contributed by atoms with Gasteiger partial charge in [0, 0.05) is 13.1 Å². The van der Waals surface area contributed by atoms with Crippen molar-refractivity contribution in [1.82, 2.24) is 10.2 Å². The highest BCUT2D eigenvalue weighted by molar-refractivity contribution is 5.86. The maximum absolute atomic E-state index is 12.5. The van der Waals surface area contributed by atoms with Crippen LogP contribution in [-0.2, 0) is 14.3 Å². The predicted octanol–water partition coefficient (Wildman–Crippen LogP) is 0.928. The number of carbonyl (C=O) groups is 2. The van der Waals surface area contributed by atoms with Crippen LogP contribution < -0.4 is 5.32 Å². The van der Waals surface area contributed by atoms with E-state index in [1.165, 1.54) is 6.08 Å². The van der Waals surface area contributed by atoms with Crippen LogP contribution >= 0.6 is 0 Å². The maximum Gasteiger partial charge on any atom is 0.408 e. The number of hydrogen-bond donors (Lipinski definition) is 1. The summed E-state index contributed by atoms with van der Waals surface area (Å²) >= 11 is 0. The summed E-state index contributed by atoms with van der Waals surface area (Å²) < 4.78 is 10.2. The molecule has 6 nitrogen and oxygen atoms in total. The fraction of sp³-hybridized carbons (Fsp3) is 0.600. The summed E-state index contributed by atoms with van der Waals surface area (Å²) in [5.41, 5.74) is 0. The second-order valence-electron chi connectivity index (χ2n) is 4.76. The predicted molar refractivity (Wildman–Crippen MR) is 78.5 cm³/mol. The molecule has 1 heterocycles. The number of nitrogens with one attached hydrogen (secondary N) is 1. The molecule has 1 saturated heterocycles. The molecule has 1 aliphatic heterocycles. The molecule has 0 aromatic heterocycles. The highest BCUT2D eigenvalue weighted by Crippen LogP contribution is 2.12. The maximum atomic E-state index is 12.5. The smallest absolute Gasteiger partial charge is 0.408 e. The lowest BCUT2D eigenvalue weighted by Gasteiger charge is -2.27. The molecule has 6 heteroatoms. The Labute approximate surface area is 125 Å². The summed E-state index contributed by atoms with van der Waals surface area (Å²) in [5.74, 6) is 2.17. The fourth-order valence-corrected chi connectivity index (χ4v) is 2.09. The number of hydrogen-bond acceptors (Lipinski definition) is 4. The van der Waals surface area contributed by atoms with Gasteiger partial charge in [0.05, 0.1) is 6.10 Å². The molecule has 21 heavy (non-hydrogen) atoms. The zero-order valence-electron chi connectivity index (χ0n) is 12.3. The van der Waals surface area contributed by atoms with Crippen molar-refractivity contribution in [3.63, 3.8) is 0 Å². The van der Waals surface area contributed by atoms with Gasteiger partial charge in [0.15, 0.2) is 0 Å². The van der Waals surface area contributed by atoms with Crippen LogP contribution in [0.15, 0.2) is 12.7 Å². The molecular weight excluding hydrogens is 272 g/mol. The number of alkyl carbamates (subject to hydrolysis) is 1. The number of rotatable bonds is 7. The Morgan fingerprint density at radius 1 is 1.48 bits per heavy atom. The Morgan fingerprint density at radius 2 is 2.14 bits per heavy atom. The standard InChI is InChI=1S/C15H22N2O4/c1-4-10-20-12(3)13(16-15(19)21-11-5-2)14(18)17-8-6-7-9-17/h1,5,12-13H,2,6-11H2,3H3,(H,16,19)/t12-,13+/m1/s1. The van der Waals surface area contributed by atoms with Crippen LogP contribution in [0, 0.1) is 12.3 Å². The monoisotopic (exact) mass is 294 g/mol. The minimum atomic E-state index is -0.811. The third kappa shape index (κ3) is 5.48. The zero-order chi connectivity index (χ0) is 15.7. The lowest BCUT2D eigenvalue weighted by molar-refractivity contribution is -0.135. The highest BCUT2D eigenvalue weighted by Gasteiger charge is 2.32. The Kier molecular flexibility index (Phi) is 7.33. The van der Waals surface area contributed by atoms with Gasteiger partial charge in [-0.1, -0.05) is 18.6 Å². The van der Waals surface area contributed by atoms with E-state index in [-0.39, 0.29) is 19.1 Å². The van der Waals surface area contributed by atoms with E-state index >= 15 is 0 Å². The third-order valence-electron chi connectivity index (χ3n) is 3.19. The molecule has 0 unspecified atom stereocenters. The van der Waals surface area contributed by atoms with E-state index in [9.17, 15) is 9.59 Å². The molecule has 0 aliphatic carbocycles. The van der Waals surface area contributed by atoms with Crippen molar-refractivity contribution in [2.75, 3.05) is 26.3 Å². The summed E-state index contributed by atoms with van der Waals surface area (Å²) in [6.45, 7) is 6.70. The molecule has 0 saturated carbocycles. The Hall–Kier alpha value is -2.00. The Balaban J connectivity index is 2.68. The SMILES string of the molecule is C#CCO[C@H](C)[C@H](NC(=O)OCC=C)C(=O)N1CCCC1. The largest absolute Gasteiger partial charge is 0.445 e. The molecule has 1 fully saturated rings. The normalized spacial score (nSPS) is 16.7. The van der Waals surface area contributed by atoms with Crippen LogP contribution in [-0.4, -0.2) is 55.3 Å². The fourth-order valence-electron chi connectivity index (χ4n) is 2.09.